The third kappa shape index (κ3) is 5.91. The highest BCUT2D eigenvalue weighted by atomic mass is 79.9. The molecular weight excluding hydrogens is 174 g/mol. The van der Waals surface area contributed by atoms with Gasteiger partial charge in [0.25, 0.3) is 0 Å². The summed E-state index contributed by atoms with van der Waals surface area (Å²) in [5.41, 5.74) is 4.88. The van der Waals surface area contributed by atoms with Gasteiger partial charge in [-0.1, -0.05) is 0 Å². The molecule has 0 spiro atoms. The molecule has 0 aromatic carbocycles. The Kier molecular flexibility index (Phi) is 9.34. The highest BCUT2D eigenvalue weighted by Gasteiger charge is 1.91. The molecule has 0 amide bonds. The number of hydrogen-bond acceptors (Lipinski definition) is 3. The van der Waals surface area contributed by atoms with Crippen molar-refractivity contribution in [2.75, 3.05) is 13.2 Å². The second-order valence-electron chi connectivity index (χ2n) is 1.01. The van der Waals surface area contributed by atoms with Gasteiger partial charge in [-0.05, 0) is 6.92 Å². The minimum Gasteiger partial charge on any atom is -0.465 e. The second-order valence-corrected chi connectivity index (χ2v) is 1.01. The van der Waals surface area contributed by atoms with Crippen LogP contribution >= 0.6 is 17.0 Å². The van der Waals surface area contributed by atoms with Gasteiger partial charge in [0, 0.05) is 0 Å². The molecule has 0 aromatic rings. The molecule has 0 atom stereocenters. The fraction of sp³-hybridized carbons (Fsp3) is 0.750. The SMILES string of the molecule is Br.CCOC(=O)CN. The maximum absolute atomic E-state index is 10.1. The highest BCUT2D eigenvalue weighted by Crippen LogP contribution is 1.69. The minimum absolute atomic E-state index is 0. The molecule has 0 aromatic heterocycles. The third-order valence-corrected chi connectivity index (χ3v) is 0.472. The van der Waals surface area contributed by atoms with E-state index in [0.717, 1.165) is 0 Å². The molecule has 0 bridgehead atoms. The topological polar surface area (TPSA) is 52.3 Å². The van der Waals surface area contributed by atoms with Crippen LogP contribution in [-0.4, -0.2) is 19.1 Å². The van der Waals surface area contributed by atoms with E-state index in [2.05, 4.69) is 4.74 Å². The normalized spacial score (nSPS) is 7.25. The summed E-state index contributed by atoms with van der Waals surface area (Å²) in [5, 5.41) is 0. The van der Waals surface area contributed by atoms with Gasteiger partial charge in [-0.15, -0.1) is 17.0 Å². The van der Waals surface area contributed by atoms with E-state index >= 15 is 0 Å². The number of carbonyl (C=O) groups excluding carboxylic acids is 1. The molecule has 2 N–H and O–H groups in total. The maximum Gasteiger partial charge on any atom is 0.319 e. The van der Waals surface area contributed by atoms with Gasteiger partial charge in [0.2, 0.25) is 0 Å². The Morgan fingerprint density at radius 1 is 1.75 bits per heavy atom. The zero-order chi connectivity index (χ0) is 5.70. The van der Waals surface area contributed by atoms with Crippen LogP contribution in [0.2, 0.25) is 0 Å². The Bertz CT molecular complexity index is 67.1. The van der Waals surface area contributed by atoms with E-state index in [-0.39, 0.29) is 29.5 Å². The van der Waals surface area contributed by atoms with Crippen molar-refractivity contribution < 1.29 is 9.53 Å². The van der Waals surface area contributed by atoms with Crippen LogP contribution in [0.25, 0.3) is 0 Å². The summed E-state index contributed by atoms with van der Waals surface area (Å²) in [6.07, 6.45) is 0. The van der Waals surface area contributed by atoms with E-state index in [1.165, 1.54) is 0 Å². The first-order chi connectivity index (χ1) is 3.31. The van der Waals surface area contributed by atoms with Gasteiger partial charge < -0.3 is 10.5 Å². The van der Waals surface area contributed by atoms with Gasteiger partial charge in [-0.2, -0.15) is 0 Å². The quantitative estimate of drug-likeness (QED) is 0.618. The lowest BCUT2D eigenvalue weighted by Gasteiger charge is -1.93. The van der Waals surface area contributed by atoms with Crippen LogP contribution in [0.5, 0.6) is 0 Å². The molecule has 0 rings (SSSR count). The molecule has 3 nitrogen and oxygen atoms in total. The van der Waals surface area contributed by atoms with Gasteiger partial charge in [0.05, 0.1) is 13.2 Å². The van der Waals surface area contributed by atoms with Crippen LogP contribution in [0, 0.1) is 0 Å². The van der Waals surface area contributed by atoms with Crippen LogP contribution in [0.1, 0.15) is 6.92 Å². The molecule has 50 valence electrons. The summed E-state index contributed by atoms with van der Waals surface area (Å²) >= 11 is 0. The Hall–Kier alpha value is -0.0900. The molecule has 8 heavy (non-hydrogen) atoms. The molecule has 0 fully saturated rings. The Balaban J connectivity index is 0. The summed E-state index contributed by atoms with van der Waals surface area (Å²) < 4.78 is 4.43. The average molecular weight is 184 g/mol. The number of nitrogens with two attached hydrogens (primary N) is 1. The number of rotatable bonds is 2. The van der Waals surface area contributed by atoms with Crippen molar-refractivity contribution in [1.29, 1.82) is 0 Å². The summed E-state index contributed by atoms with van der Waals surface area (Å²) in [6.45, 7) is 2.14. The van der Waals surface area contributed by atoms with E-state index in [4.69, 9.17) is 5.73 Å². The summed E-state index contributed by atoms with van der Waals surface area (Å²) in [5.74, 6) is -0.345. The monoisotopic (exact) mass is 183 g/mol. The predicted molar refractivity (Wildman–Crippen MR) is 36.0 cm³/mol. The molecule has 0 aliphatic heterocycles. The largest absolute Gasteiger partial charge is 0.465 e. The second kappa shape index (κ2) is 6.91. The van der Waals surface area contributed by atoms with E-state index < -0.39 is 0 Å². The van der Waals surface area contributed by atoms with E-state index in [9.17, 15) is 4.79 Å². The lowest BCUT2D eigenvalue weighted by molar-refractivity contribution is -0.141. The van der Waals surface area contributed by atoms with Gasteiger partial charge in [0.1, 0.15) is 0 Å². The molecule has 0 radical (unpaired) electrons. The Labute approximate surface area is 59.0 Å². The first-order valence-electron chi connectivity index (χ1n) is 2.17. The van der Waals surface area contributed by atoms with E-state index in [1.54, 1.807) is 6.92 Å². The van der Waals surface area contributed by atoms with E-state index in [1.807, 2.05) is 0 Å². The molecule has 0 aliphatic carbocycles. The smallest absolute Gasteiger partial charge is 0.319 e. The summed E-state index contributed by atoms with van der Waals surface area (Å²) in [6, 6.07) is 0. The Morgan fingerprint density at radius 2 is 2.25 bits per heavy atom. The van der Waals surface area contributed by atoms with Gasteiger partial charge in [-0.25, -0.2) is 0 Å². The first kappa shape index (κ1) is 10.8. The van der Waals surface area contributed by atoms with E-state index in [0.29, 0.717) is 6.61 Å². The number of halogens is 1. The predicted octanol–water partition coefficient (Wildman–Crippen LogP) is 0.0861. The van der Waals surface area contributed by atoms with Crippen LogP contribution in [-0.2, 0) is 9.53 Å². The number of esters is 1. The zero-order valence-electron chi connectivity index (χ0n) is 4.72. The molecule has 0 aliphatic rings. The molecule has 0 saturated heterocycles. The fourth-order valence-electron chi connectivity index (χ4n) is 0.220. The van der Waals surface area contributed by atoms with Gasteiger partial charge >= 0.3 is 5.97 Å². The van der Waals surface area contributed by atoms with Crippen molar-refractivity contribution in [1.82, 2.24) is 0 Å². The third-order valence-electron chi connectivity index (χ3n) is 0.472. The molecule has 0 heterocycles. The minimum atomic E-state index is -0.345. The van der Waals surface area contributed by atoms with Crippen molar-refractivity contribution in [2.45, 2.75) is 6.92 Å². The van der Waals surface area contributed by atoms with Crippen LogP contribution in [0.3, 0.4) is 0 Å². The summed E-state index contributed by atoms with van der Waals surface area (Å²) in [4.78, 5) is 10.1. The summed E-state index contributed by atoms with van der Waals surface area (Å²) in [7, 11) is 0. The molecular formula is C4H10BrNO2. The Morgan fingerprint density at radius 3 is 2.38 bits per heavy atom. The zero-order valence-corrected chi connectivity index (χ0v) is 6.43. The van der Waals surface area contributed by atoms with Gasteiger partial charge in [0.15, 0.2) is 0 Å². The van der Waals surface area contributed by atoms with Crippen molar-refractivity contribution >= 4 is 23.0 Å². The van der Waals surface area contributed by atoms with Crippen molar-refractivity contribution in [3.05, 3.63) is 0 Å². The molecule has 0 unspecified atom stereocenters. The van der Waals surface area contributed by atoms with Crippen LogP contribution in [0.15, 0.2) is 0 Å². The highest BCUT2D eigenvalue weighted by molar-refractivity contribution is 8.93. The lowest BCUT2D eigenvalue weighted by atomic mass is 10.7. The van der Waals surface area contributed by atoms with Gasteiger partial charge in [-0.3, -0.25) is 4.79 Å². The molecule has 4 heteroatoms. The number of hydrogen-bond donors (Lipinski definition) is 1. The number of carbonyl (C=O) groups is 1. The first-order valence-corrected chi connectivity index (χ1v) is 2.17. The number of ether oxygens (including phenoxy) is 1. The van der Waals surface area contributed by atoms with Crippen molar-refractivity contribution in [3.8, 4) is 0 Å². The maximum atomic E-state index is 10.1. The fourth-order valence-corrected chi connectivity index (χ4v) is 0.220. The van der Waals surface area contributed by atoms with Crippen LogP contribution in [0.4, 0.5) is 0 Å². The standard InChI is InChI=1S/C4H9NO2.BrH/c1-2-7-4(6)3-5;/h2-3,5H2,1H3;1H. The van der Waals surface area contributed by atoms with Crippen molar-refractivity contribution in [2.24, 2.45) is 5.73 Å². The average Bonchev–Trinajstić information content (AvgIpc) is 1.68. The van der Waals surface area contributed by atoms with Crippen LogP contribution < -0.4 is 5.73 Å². The lowest BCUT2D eigenvalue weighted by Crippen LogP contribution is -2.16. The van der Waals surface area contributed by atoms with Crippen molar-refractivity contribution in [3.63, 3.8) is 0 Å². The molecule has 0 saturated carbocycles.